The van der Waals surface area contributed by atoms with Gasteiger partial charge in [0.05, 0.1) is 5.54 Å². The Hall–Kier alpha value is -0.720. The average molecular weight is 319 g/mol. The van der Waals surface area contributed by atoms with Crippen molar-refractivity contribution in [3.8, 4) is 0 Å². The fourth-order valence-electron chi connectivity index (χ4n) is 2.36. The molecule has 0 unspecified atom stereocenters. The van der Waals surface area contributed by atoms with Crippen LogP contribution in [0.2, 0.25) is 0 Å². The summed E-state index contributed by atoms with van der Waals surface area (Å²) in [6, 6.07) is 0. The van der Waals surface area contributed by atoms with Crippen LogP contribution in [-0.4, -0.2) is 21.6 Å². The number of unbranched alkanes of at least 4 members (excludes halogenated alkanes) is 1. The van der Waals surface area contributed by atoms with Gasteiger partial charge in [0.1, 0.15) is 5.01 Å². The lowest BCUT2D eigenvalue weighted by Gasteiger charge is -2.31. The van der Waals surface area contributed by atoms with Crippen molar-refractivity contribution < 1.29 is 4.79 Å². The van der Waals surface area contributed by atoms with Crippen LogP contribution in [0.4, 0.5) is 5.13 Å². The number of nitrogens with one attached hydrogen (secondary N) is 1. The number of aryl methyl sites for hydroxylation is 1. The molecule has 1 amide bonds. The molecule has 0 bridgehead atoms. The summed E-state index contributed by atoms with van der Waals surface area (Å²) in [4.78, 5) is 12.2. The van der Waals surface area contributed by atoms with Crippen molar-refractivity contribution in [1.29, 1.82) is 0 Å². The first-order valence-electron chi connectivity index (χ1n) is 7.07. The van der Waals surface area contributed by atoms with Crippen molar-refractivity contribution in [3.05, 3.63) is 5.01 Å². The second-order valence-electron chi connectivity index (χ2n) is 5.28. The molecule has 3 N–H and O–H groups in total. The van der Waals surface area contributed by atoms with Gasteiger partial charge in [-0.15, -0.1) is 22.6 Å². The van der Waals surface area contributed by atoms with Crippen LogP contribution >= 0.6 is 23.7 Å². The monoisotopic (exact) mass is 318 g/mol. The van der Waals surface area contributed by atoms with E-state index in [4.69, 9.17) is 5.73 Å². The summed E-state index contributed by atoms with van der Waals surface area (Å²) in [5, 5.41) is 12.5. The lowest BCUT2D eigenvalue weighted by atomic mass is 9.82. The van der Waals surface area contributed by atoms with Gasteiger partial charge >= 0.3 is 0 Å². The molecule has 1 aromatic rings. The number of hydrogen-bond donors (Lipinski definition) is 2. The first-order valence-corrected chi connectivity index (χ1v) is 7.88. The van der Waals surface area contributed by atoms with Gasteiger partial charge in [-0.3, -0.25) is 10.1 Å². The molecule has 1 heterocycles. The summed E-state index contributed by atoms with van der Waals surface area (Å²) in [5.74, 6) is -0.106. The largest absolute Gasteiger partial charge is 0.317 e. The third-order valence-electron chi connectivity index (χ3n) is 3.63. The summed E-state index contributed by atoms with van der Waals surface area (Å²) < 4.78 is 0. The van der Waals surface area contributed by atoms with Gasteiger partial charge < -0.3 is 5.73 Å². The topological polar surface area (TPSA) is 80.9 Å². The number of rotatable bonds is 5. The molecule has 0 saturated heterocycles. The highest BCUT2D eigenvalue weighted by Crippen LogP contribution is 2.27. The van der Waals surface area contributed by atoms with Gasteiger partial charge in [-0.2, -0.15) is 0 Å². The molecule has 0 aromatic carbocycles. The molecule has 20 heavy (non-hydrogen) atoms. The van der Waals surface area contributed by atoms with Gasteiger partial charge in [0.2, 0.25) is 11.0 Å². The normalized spacial score (nSPS) is 17.3. The van der Waals surface area contributed by atoms with E-state index in [1.165, 1.54) is 17.8 Å². The Morgan fingerprint density at radius 2 is 2.05 bits per heavy atom. The zero-order chi connectivity index (χ0) is 13.7. The van der Waals surface area contributed by atoms with Gasteiger partial charge in [-0.1, -0.05) is 43.9 Å². The smallest absolute Gasteiger partial charge is 0.246 e. The van der Waals surface area contributed by atoms with Crippen molar-refractivity contribution in [3.63, 3.8) is 0 Å². The minimum Gasteiger partial charge on any atom is -0.317 e. The number of halogens is 1. The summed E-state index contributed by atoms with van der Waals surface area (Å²) >= 11 is 1.45. The average Bonchev–Trinajstić information content (AvgIpc) is 2.85. The van der Waals surface area contributed by atoms with Gasteiger partial charge in [0, 0.05) is 6.42 Å². The number of nitrogens with two attached hydrogens (primary N) is 1. The predicted octanol–water partition coefficient (Wildman–Crippen LogP) is 2.90. The molecule has 114 valence electrons. The maximum Gasteiger partial charge on any atom is 0.246 e. The fraction of sp³-hybridized carbons (Fsp3) is 0.769. The second-order valence-corrected chi connectivity index (χ2v) is 6.34. The molecule has 0 aliphatic heterocycles. The summed E-state index contributed by atoms with van der Waals surface area (Å²) in [5.41, 5.74) is 5.47. The Bertz CT molecular complexity index is 432. The Kier molecular flexibility index (Phi) is 6.85. The van der Waals surface area contributed by atoms with Crippen LogP contribution in [0.1, 0.15) is 56.9 Å². The zero-order valence-electron chi connectivity index (χ0n) is 11.9. The summed E-state index contributed by atoms with van der Waals surface area (Å²) in [6.45, 7) is 2.14. The number of anilines is 1. The highest BCUT2D eigenvalue weighted by atomic mass is 35.5. The SMILES string of the molecule is CCCCc1nnc(NC(=O)C2(N)CCCCC2)s1.Cl. The van der Waals surface area contributed by atoms with E-state index >= 15 is 0 Å². The van der Waals surface area contributed by atoms with Crippen LogP contribution in [0.5, 0.6) is 0 Å². The molecule has 0 atom stereocenters. The number of nitrogens with zero attached hydrogens (tertiary/aromatic N) is 2. The molecular weight excluding hydrogens is 296 g/mol. The third kappa shape index (κ3) is 4.40. The third-order valence-corrected chi connectivity index (χ3v) is 4.53. The molecule has 1 fully saturated rings. The van der Waals surface area contributed by atoms with Crippen LogP contribution in [0.15, 0.2) is 0 Å². The van der Waals surface area contributed by atoms with Gasteiger partial charge in [0.15, 0.2) is 0 Å². The molecule has 2 rings (SSSR count). The first-order chi connectivity index (χ1) is 9.14. The van der Waals surface area contributed by atoms with Crippen molar-refractivity contribution >= 4 is 34.8 Å². The molecule has 1 aliphatic carbocycles. The predicted molar refractivity (Wildman–Crippen MR) is 84.4 cm³/mol. The van der Waals surface area contributed by atoms with Crippen molar-refractivity contribution in [1.82, 2.24) is 10.2 Å². The van der Waals surface area contributed by atoms with Crippen LogP contribution in [0.3, 0.4) is 0 Å². The van der Waals surface area contributed by atoms with Crippen LogP contribution in [0, 0.1) is 0 Å². The van der Waals surface area contributed by atoms with Gasteiger partial charge in [0.25, 0.3) is 0 Å². The standard InChI is InChI=1S/C13H22N4OS.ClH/c1-2-3-7-10-16-17-12(19-10)15-11(18)13(14)8-5-4-6-9-13;/h2-9,14H2,1H3,(H,15,17,18);1H. The van der Waals surface area contributed by atoms with E-state index in [-0.39, 0.29) is 18.3 Å². The molecule has 1 saturated carbocycles. The molecule has 5 nitrogen and oxygen atoms in total. The van der Waals surface area contributed by atoms with E-state index < -0.39 is 5.54 Å². The minimum absolute atomic E-state index is 0. The fourth-order valence-corrected chi connectivity index (χ4v) is 3.14. The molecule has 1 aromatic heterocycles. The van der Waals surface area contributed by atoms with Crippen LogP contribution in [-0.2, 0) is 11.2 Å². The summed E-state index contributed by atoms with van der Waals surface area (Å²) in [6.07, 6.45) is 7.92. The Balaban J connectivity index is 0.00000200. The van der Waals surface area contributed by atoms with Crippen molar-refractivity contribution in [2.75, 3.05) is 5.32 Å². The van der Waals surface area contributed by atoms with Gasteiger partial charge in [-0.05, 0) is 19.3 Å². The number of aromatic nitrogens is 2. The molecule has 0 radical (unpaired) electrons. The number of carbonyl (C=O) groups excluding carboxylic acids is 1. The zero-order valence-corrected chi connectivity index (χ0v) is 13.5. The lowest BCUT2D eigenvalue weighted by molar-refractivity contribution is -0.122. The highest BCUT2D eigenvalue weighted by molar-refractivity contribution is 7.15. The van der Waals surface area contributed by atoms with E-state index in [2.05, 4.69) is 22.4 Å². The van der Waals surface area contributed by atoms with E-state index in [1.807, 2.05) is 0 Å². The van der Waals surface area contributed by atoms with Crippen molar-refractivity contribution in [2.45, 2.75) is 63.8 Å². The van der Waals surface area contributed by atoms with Gasteiger partial charge in [-0.25, -0.2) is 0 Å². The Morgan fingerprint density at radius 3 is 2.70 bits per heavy atom. The number of hydrogen-bond acceptors (Lipinski definition) is 5. The first kappa shape index (κ1) is 17.3. The Morgan fingerprint density at radius 1 is 1.35 bits per heavy atom. The van der Waals surface area contributed by atoms with Crippen molar-refractivity contribution in [2.24, 2.45) is 5.73 Å². The maximum absolute atomic E-state index is 12.2. The van der Waals surface area contributed by atoms with E-state index in [1.54, 1.807) is 0 Å². The maximum atomic E-state index is 12.2. The van der Waals surface area contributed by atoms with Crippen LogP contribution < -0.4 is 11.1 Å². The van der Waals surface area contributed by atoms with Crippen LogP contribution in [0.25, 0.3) is 0 Å². The minimum atomic E-state index is -0.715. The summed E-state index contributed by atoms with van der Waals surface area (Å²) in [7, 11) is 0. The van der Waals surface area contributed by atoms with E-state index in [9.17, 15) is 4.79 Å². The highest BCUT2D eigenvalue weighted by Gasteiger charge is 2.35. The molecule has 7 heteroatoms. The lowest BCUT2D eigenvalue weighted by Crippen LogP contribution is -2.52. The molecule has 1 aliphatic rings. The second kappa shape index (κ2) is 7.90. The molecular formula is C13H23ClN4OS. The van der Waals surface area contributed by atoms with E-state index in [0.717, 1.165) is 50.0 Å². The molecule has 0 spiro atoms. The quantitative estimate of drug-likeness (QED) is 0.874. The Labute approximate surface area is 130 Å². The van der Waals surface area contributed by atoms with E-state index in [0.29, 0.717) is 5.13 Å². The number of carbonyl (C=O) groups is 1. The number of amides is 1.